The first kappa shape index (κ1) is 20.3. The molecule has 1 aliphatic heterocycles. The van der Waals surface area contributed by atoms with E-state index < -0.39 is 42.3 Å². The number of halogens is 2. The standard InChI is InChI=1S/C19H25F2N3O4/c1-18(2,3)14(17(26)27)23-15(25)12-6-7-13(24-9-19(20,21)10-24)16(22-12)28-8-11-4-5-11/h6-7,11,14H,4-5,8-10H2,1-3H3,(H,23,25)(H,26,27). The van der Waals surface area contributed by atoms with Gasteiger partial charge in [0.2, 0.25) is 5.88 Å². The Labute approximate surface area is 162 Å². The van der Waals surface area contributed by atoms with Gasteiger partial charge in [-0.05, 0) is 36.3 Å². The first-order chi connectivity index (χ1) is 13.0. The highest BCUT2D eigenvalue weighted by Crippen LogP contribution is 2.38. The number of carbonyl (C=O) groups excluding carboxylic acids is 1. The van der Waals surface area contributed by atoms with Crippen LogP contribution in [0.1, 0.15) is 44.1 Å². The van der Waals surface area contributed by atoms with Gasteiger partial charge in [-0.2, -0.15) is 0 Å². The molecule has 1 unspecified atom stereocenters. The van der Waals surface area contributed by atoms with Gasteiger partial charge in [0.25, 0.3) is 11.8 Å². The molecule has 1 aromatic rings. The Balaban J connectivity index is 1.79. The fourth-order valence-electron chi connectivity index (χ4n) is 2.92. The quantitative estimate of drug-likeness (QED) is 0.735. The maximum Gasteiger partial charge on any atom is 0.326 e. The second kappa shape index (κ2) is 7.18. The summed E-state index contributed by atoms with van der Waals surface area (Å²) in [5.74, 6) is -4.00. The lowest BCUT2D eigenvalue weighted by molar-refractivity contribution is -0.142. The number of aromatic nitrogens is 1. The summed E-state index contributed by atoms with van der Waals surface area (Å²) in [4.78, 5) is 29.7. The van der Waals surface area contributed by atoms with Crippen LogP contribution in [0.4, 0.5) is 14.5 Å². The zero-order valence-corrected chi connectivity index (χ0v) is 16.2. The summed E-state index contributed by atoms with van der Waals surface area (Å²) < 4.78 is 32.2. The van der Waals surface area contributed by atoms with Gasteiger partial charge in [0.05, 0.1) is 19.7 Å². The van der Waals surface area contributed by atoms with Crippen molar-refractivity contribution >= 4 is 17.6 Å². The number of nitrogens with one attached hydrogen (secondary N) is 1. The Bertz CT molecular complexity index is 767. The molecule has 0 bridgehead atoms. The van der Waals surface area contributed by atoms with Crippen molar-refractivity contribution in [2.45, 2.75) is 45.6 Å². The minimum atomic E-state index is -2.74. The molecule has 2 aliphatic rings. The number of hydrogen-bond acceptors (Lipinski definition) is 5. The van der Waals surface area contributed by atoms with Gasteiger partial charge in [-0.25, -0.2) is 18.6 Å². The Morgan fingerprint density at radius 1 is 1.36 bits per heavy atom. The van der Waals surface area contributed by atoms with E-state index in [1.54, 1.807) is 20.8 Å². The normalized spacial score (nSPS) is 19.5. The van der Waals surface area contributed by atoms with Gasteiger partial charge < -0.3 is 20.1 Å². The van der Waals surface area contributed by atoms with Gasteiger partial charge in [0.15, 0.2) is 0 Å². The van der Waals surface area contributed by atoms with E-state index in [1.807, 2.05) is 0 Å². The third-order valence-electron chi connectivity index (χ3n) is 4.80. The number of ether oxygens (including phenoxy) is 1. The minimum Gasteiger partial charge on any atom is -0.480 e. The number of carboxylic acid groups (broad SMARTS) is 1. The molecule has 1 saturated carbocycles. The van der Waals surface area contributed by atoms with E-state index in [9.17, 15) is 23.5 Å². The van der Waals surface area contributed by atoms with E-state index in [1.165, 1.54) is 17.0 Å². The van der Waals surface area contributed by atoms with Crippen LogP contribution >= 0.6 is 0 Å². The predicted octanol–water partition coefficient (Wildman–Crippen LogP) is 2.55. The molecule has 154 valence electrons. The van der Waals surface area contributed by atoms with Crippen LogP contribution in [0.25, 0.3) is 0 Å². The molecule has 3 rings (SSSR count). The molecule has 0 spiro atoms. The summed E-state index contributed by atoms with van der Waals surface area (Å²) in [6.45, 7) is 4.68. The molecule has 1 saturated heterocycles. The van der Waals surface area contributed by atoms with E-state index in [0.29, 0.717) is 18.2 Å². The van der Waals surface area contributed by atoms with Crippen LogP contribution in [-0.2, 0) is 4.79 Å². The molecule has 0 radical (unpaired) electrons. The van der Waals surface area contributed by atoms with Gasteiger partial charge in [0, 0.05) is 0 Å². The molecule has 1 atom stereocenters. The van der Waals surface area contributed by atoms with Gasteiger partial charge in [-0.1, -0.05) is 20.8 Å². The molecule has 28 heavy (non-hydrogen) atoms. The number of carboxylic acids is 1. The first-order valence-corrected chi connectivity index (χ1v) is 9.26. The number of pyridine rings is 1. The largest absolute Gasteiger partial charge is 0.480 e. The molecule has 2 heterocycles. The van der Waals surface area contributed by atoms with Gasteiger partial charge in [-0.3, -0.25) is 4.79 Å². The molecular formula is C19H25F2N3O4. The summed E-state index contributed by atoms with van der Waals surface area (Å²) in [7, 11) is 0. The van der Waals surface area contributed by atoms with Gasteiger partial charge >= 0.3 is 5.97 Å². The average Bonchev–Trinajstić information content (AvgIpc) is 3.38. The van der Waals surface area contributed by atoms with Crippen molar-refractivity contribution in [3.05, 3.63) is 17.8 Å². The Morgan fingerprint density at radius 3 is 2.50 bits per heavy atom. The third kappa shape index (κ3) is 4.69. The number of carbonyl (C=O) groups is 2. The zero-order valence-electron chi connectivity index (χ0n) is 16.2. The van der Waals surface area contributed by atoms with Crippen LogP contribution in [0.2, 0.25) is 0 Å². The smallest absolute Gasteiger partial charge is 0.326 e. The van der Waals surface area contributed by atoms with Crippen LogP contribution in [0.3, 0.4) is 0 Å². The van der Waals surface area contributed by atoms with Crippen LogP contribution in [0.5, 0.6) is 5.88 Å². The van der Waals surface area contributed by atoms with Crippen molar-refractivity contribution in [1.82, 2.24) is 10.3 Å². The van der Waals surface area contributed by atoms with Crippen molar-refractivity contribution < 1.29 is 28.2 Å². The monoisotopic (exact) mass is 397 g/mol. The molecule has 7 nitrogen and oxygen atoms in total. The molecule has 2 fully saturated rings. The van der Waals surface area contributed by atoms with E-state index >= 15 is 0 Å². The maximum atomic E-state index is 13.2. The highest BCUT2D eigenvalue weighted by molar-refractivity contribution is 5.95. The highest BCUT2D eigenvalue weighted by atomic mass is 19.3. The molecule has 1 aliphatic carbocycles. The summed E-state index contributed by atoms with van der Waals surface area (Å²) in [5.41, 5.74) is -0.304. The first-order valence-electron chi connectivity index (χ1n) is 9.26. The summed E-state index contributed by atoms with van der Waals surface area (Å²) in [5, 5.41) is 11.9. The van der Waals surface area contributed by atoms with Crippen molar-refractivity contribution in [1.29, 1.82) is 0 Å². The van der Waals surface area contributed by atoms with Crippen molar-refractivity contribution in [3.63, 3.8) is 0 Å². The molecule has 1 aromatic heterocycles. The Kier molecular flexibility index (Phi) is 5.20. The van der Waals surface area contributed by atoms with Crippen molar-refractivity contribution in [2.75, 3.05) is 24.6 Å². The van der Waals surface area contributed by atoms with Crippen molar-refractivity contribution in [2.24, 2.45) is 11.3 Å². The number of rotatable bonds is 7. The van der Waals surface area contributed by atoms with Crippen LogP contribution in [0, 0.1) is 11.3 Å². The molecule has 1 amide bonds. The fourth-order valence-corrected chi connectivity index (χ4v) is 2.92. The number of hydrogen-bond donors (Lipinski definition) is 2. The summed E-state index contributed by atoms with van der Waals surface area (Å²) in [6, 6.07) is 1.81. The number of anilines is 1. The molecule has 9 heteroatoms. The topological polar surface area (TPSA) is 91.8 Å². The molecule has 2 N–H and O–H groups in total. The predicted molar refractivity (Wildman–Crippen MR) is 98.0 cm³/mol. The third-order valence-corrected chi connectivity index (χ3v) is 4.80. The maximum absolute atomic E-state index is 13.2. The number of alkyl halides is 2. The Morgan fingerprint density at radius 2 is 2.00 bits per heavy atom. The second-order valence-electron chi connectivity index (χ2n) is 8.60. The van der Waals surface area contributed by atoms with Gasteiger partial charge in [-0.15, -0.1) is 0 Å². The highest BCUT2D eigenvalue weighted by Gasteiger charge is 2.45. The van der Waals surface area contributed by atoms with E-state index in [4.69, 9.17) is 4.74 Å². The summed E-state index contributed by atoms with van der Waals surface area (Å²) in [6.07, 6.45) is 2.09. The molecular weight excluding hydrogens is 372 g/mol. The lowest BCUT2D eigenvalue weighted by atomic mass is 9.86. The minimum absolute atomic E-state index is 0.0164. The van der Waals surface area contributed by atoms with Crippen LogP contribution < -0.4 is 15.0 Å². The van der Waals surface area contributed by atoms with E-state index in [2.05, 4.69) is 10.3 Å². The lowest BCUT2D eigenvalue weighted by Crippen LogP contribution is -2.56. The molecule has 0 aromatic carbocycles. The van der Waals surface area contributed by atoms with Crippen LogP contribution in [0.15, 0.2) is 12.1 Å². The van der Waals surface area contributed by atoms with Gasteiger partial charge in [0.1, 0.15) is 17.4 Å². The number of aliphatic carboxylic acids is 1. The van der Waals surface area contributed by atoms with Crippen molar-refractivity contribution in [3.8, 4) is 5.88 Å². The van der Waals surface area contributed by atoms with E-state index in [0.717, 1.165) is 12.8 Å². The summed E-state index contributed by atoms with van der Waals surface area (Å²) >= 11 is 0. The SMILES string of the molecule is CC(C)(C)C(NC(=O)c1ccc(N2CC(F)(F)C2)c(OCC2CC2)n1)C(=O)O. The fraction of sp³-hybridized carbons (Fsp3) is 0.632. The Hall–Kier alpha value is -2.45. The number of amides is 1. The zero-order chi connectivity index (χ0) is 20.7. The van der Waals surface area contributed by atoms with Crippen LogP contribution in [-0.4, -0.2) is 53.6 Å². The average molecular weight is 397 g/mol. The second-order valence-corrected chi connectivity index (χ2v) is 8.60. The van der Waals surface area contributed by atoms with E-state index in [-0.39, 0.29) is 11.6 Å². The lowest BCUT2D eigenvalue weighted by Gasteiger charge is -2.40. The number of nitrogens with zero attached hydrogens (tertiary/aromatic N) is 2.